The van der Waals surface area contributed by atoms with Gasteiger partial charge in [0, 0.05) is 24.8 Å². The molecular formula is C4H10Cl2N2. The summed E-state index contributed by atoms with van der Waals surface area (Å²) in [5, 5.41) is 1.60. The molecule has 0 saturated carbocycles. The highest BCUT2D eigenvalue weighted by molar-refractivity contribution is 6.18. The van der Waals surface area contributed by atoms with Gasteiger partial charge in [-0.05, 0) is 0 Å². The number of rotatable bonds is 4. The number of hydrazine groups is 1. The van der Waals surface area contributed by atoms with Crippen molar-refractivity contribution < 1.29 is 0 Å². The third kappa shape index (κ3) is 4.65. The standard InChI is InChI=1S/C4H10Cl2N2/c5-1-3-8(7)4-2-6/h1-4,7H2. The zero-order valence-electron chi connectivity index (χ0n) is 4.61. The van der Waals surface area contributed by atoms with Gasteiger partial charge in [0.05, 0.1) is 0 Å². The van der Waals surface area contributed by atoms with E-state index >= 15 is 0 Å². The van der Waals surface area contributed by atoms with Crippen LogP contribution >= 0.6 is 23.2 Å². The summed E-state index contributed by atoms with van der Waals surface area (Å²) in [6, 6.07) is 0. The number of nitrogens with zero attached hydrogens (tertiary/aromatic N) is 1. The van der Waals surface area contributed by atoms with E-state index < -0.39 is 0 Å². The number of hydrogen-bond donors (Lipinski definition) is 1. The normalized spacial score (nSPS) is 10.5. The van der Waals surface area contributed by atoms with Crippen LogP contribution in [0.15, 0.2) is 0 Å². The van der Waals surface area contributed by atoms with Gasteiger partial charge in [0.25, 0.3) is 0 Å². The van der Waals surface area contributed by atoms with E-state index in [9.17, 15) is 0 Å². The van der Waals surface area contributed by atoms with E-state index in [0.717, 1.165) is 0 Å². The second kappa shape index (κ2) is 5.63. The Morgan fingerprint density at radius 2 is 1.50 bits per heavy atom. The van der Waals surface area contributed by atoms with E-state index in [1.807, 2.05) is 0 Å². The highest BCUT2D eigenvalue weighted by Crippen LogP contribution is 1.82. The second-order valence-corrected chi connectivity index (χ2v) is 2.17. The van der Waals surface area contributed by atoms with Crippen LogP contribution in [-0.4, -0.2) is 29.9 Å². The molecule has 4 heteroatoms. The van der Waals surface area contributed by atoms with Gasteiger partial charge in [-0.15, -0.1) is 23.2 Å². The van der Waals surface area contributed by atoms with Gasteiger partial charge in [-0.3, -0.25) is 5.84 Å². The maximum atomic E-state index is 5.37. The molecule has 0 aliphatic carbocycles. The molecule has 2 nitrogen and oxygen atoms in total. The van der Waals surface area contributed by atoms with Gasteiger partial charge in [-0.2, -0.15) is 0 Å². The molecule has 0 rings (SSSR count). The van der Waals surface area contributed by atoms with E-state index in [1.54, 1.807) is 5.01 Å². The van der Waals surface area contributed by atoms with E-state index in [4.69, 9.17) is 29.0 Å². The van der Waals surface area contributed by atoms with Crippen LogP contribution in [0.5, 0.6) is 0 Å². The number of alkyl halides is 2. The monoisotopic (exact) mass is 156 g/mol. The summed E-state index contributed by atoms with van der Waals surface area (Å²) in [5.74, 6) is 6.48. The quantitative estimate of drug-likeness (QED) is 0.368. The van der Waals surface area contributed by atoms with Gasteiger partial charge in [-0.25, -0.2) is 5.01 Å². The van der Waals surface area contributed by atoms with Gasteiger partial charge in [0.15, 0.2) is 0 Å². The smallest absolute Gasteiger partial charge is 0.0365 e. The van der Waals surface area contributed by atoms with Gasteiger partial charge in [0.2, 0.25) is 0 Å². The van der Waals surface area contributed by atoms with E-state index in [0.29, 0.717) is 24.8 Å². The first-order chi connectivity index (χ1) is 3.81. The predicted octanol–water partition coefficient (Wildman–Crippen LogP) is 0.640. The van der Waals surface area contributed by atoms with E-state index in [1.165, 1.54) is 0 Å². The van der Waals surface area contributed by atoms with Gasteiger partial charge in [-0.1, -0.05) is 0 Å². The maximum absolute atomic E-state index is 5.37. The summed E-state index contributed by atoms with van der Waals surface area (Å²) in [6.07, 6.45) is 0. The first-order valence-corrected chi connectivity index (χ1v) is 3.49. The molecule has 0 aromatic heterocycles. The topological polar surface area (TPSA) is 29.3 Å². The molecule has 2 N–H and O–H groups in total. The first kappa shape index (κ1) is 8.50. The van der Waals surface area contributed by atoms with Gasteiger partial charge in [0.1, 0.15) is 0 Å². The van der Waals surface area contributed by atoms with Crippen LogP contribution in [0.2, 0.25) is 0 Å². The molecule has 0 fully saturated rings. The summed E-state index contributed by atoms with van der Waals surface area (Å²) >= 11 is 10.7. The Morgan fingerprint density at radius 1 is 1.12 bits per heavy atom. The second-order valence-electron chi connectivity index (χ2n) is 1.41. The van der Waals surface area contributed by atoms with Crippen molar-refractivity contribution >= 4 is 23.2 Å². The average molecular weight is 157 g/mol. The number of halogens is 2. The zero-order chi connectivity index (χ0) is 6.41. The molecule has 0 aromatic carbocycles. The molecule has 0 aromatic rings. The molecule has 0 aliphatic rings. The lowest BCUT2D eigenvalue weighted by Crippen LogP contribution is -2.34. The molecule has 0 bridgehead atoms. The number of nitrogens with two attached hydrogens (primary N) is 1. The molecule has 0 atom stereocenters. The van der Waals surface area contributed by atoms with Crippen LogP contribution < -0.4 is 5.84 Å². The van der Waals surface area contributed by atoms with Crippen LogP contribution in [0.4, 0.5) is 0 Å². The fourth-order valence-electron chi connectivity index (χ4n) is 0.329. The van der Waals surface area contributed by atoms with Crippen LogP contribution in [0.25, 0.3) is 0 Å². The highest BCUT2D eigenvalue weighted by Gasteiger charge is 1.92. The molecule has 0 unspecified atom stereocenters. The third-order valence-electron chi connectivity index (χ3n) is 0.743. The van der Waals surface area contributed by atoms with Crippen molar-refractivity contribution in [3.63, 3.8) is 0 Å². The number of hydrogen-bond acceptors (Lipinski definition) is 2. The van der Waals surface area contributed by atoms with Crippen molar-refractivity contribution in [3.8, 4) is 0 Å². The molecule has 0 aliphatic heterocycles. The Morgan fingerprint density at radius 3 is 1.75 bits per heavy atom. The molecule has 0 spiro atoms. The Kier molecular flexibility index (Phi) is 5.99. The highest BCUT2D eigenvalue weighted by atomic mass is 35.5. The lowest BCUT2D eigenvalue weighted by atomic mass is 10.6. The minimum atomic E-state index is 0.563. The van der Waals surface area contributed by atoms with Crippen molar-refractivity contribution in [2.75, 3.05) is 24.8 Å². The fourth-order valence-corrected chi connectivity index (χ4v) is 0.763. The van der Waals surface area contributed by atoms with Gasteiger partial charge >= 0.3 is 0 Å². The molecule has 0 saturated heterocycles. The summed E-state index contributed by atoms with van der Waals surface area (Å²) < 4.78 is 0. The van der Waals surface area contributed by atoms with Crippen LogP contribution in [0.3, 0.4) is 0 Å². The predicted molar refractivity (Wildman–Crippen MR) is 37.2 cm³/mol. The molecule has 0 radical (unpaired) electrons. The van der Waals surface area contributed by atoms with Crippen LogP contribution in [0.1, 0.15) is 0 Å². The van der Waals surface area contributed by atoms with Crippen LogP contribution in [-0.2, 0) is 0 Å². The molecule has 8 heavy (non-hydrogen) atoms. The summed E-state index contributed by atoms with van der Waals surface area (Å²) in [7, 11) is 0. The molecule has 0 amide bonds. The maximum Gasteiger partial charge on any atom is 0.0365 e. The Hall–Kier alpha value is 0.500. The fraction of sp³-hybridized carbons (Fsp3) is 1.00. The van der Waals surface area contributed by atoms with E-state index in [2.05, 4.69) is 0 Å². The Balaban J connectivity index is 2.92. The van der Waals surface area contributed by atoms with E-state index in [-0.39, 0.29) is 0 Å². The third-order valence-corrected chi connectivity index (χ3v) is 1.08. The minimum absolute atomic E-state index is 0.563. The van der Waals surface area contributed by atoms with Crippen molar-refractivity contribution in [2.24, 2.45) is 5.84 Å². The van der Waals surface area contributed by atoms with Crippen LogP contribution in [0, 0.1) is 0 Å². The summed E-state index contributed by atoms with van der Waals surface area (Å²) in [5.41, 5.74) is 0. The van der Waals surface area contributed by atoms with Gasteiger partial charge < -0.3 is 0 Å². The Labute approximate surface area is 59.5 Å². The van der Waals surface area contributed by atoms with Crippen molar-refractivity contribution in [2.45, 2.75) is 0 Å². The first-order valence-electron chi connectivity index (χ1n) is 2.43. The SMILES string of the molecule is NN(CCCl)CCCl. The zero-order valence-corrected chi connectivity index (χ0v) is 6.12. The summed E-state index contributed by atoms with van der Waals surface area (Å²) in [6.45, 7) is 1.41. The molecular weight excluding hydrogens is 147 g/mol. The largest absolute Gasteiger partial charge is 0.269 e. The minimum Gasteiger partial charge on any atom is -0.269 e. The molecule has 50 valence electrons. The summed E-state index contributed by atoms with van der Waals surface area (Å²) in [4.78, 5) is 0. The average Bonchev–Trinajstić information content (AvgIpc) is 1.68. The Bertz CT molecular complexity index is 45.3. The van der Waals surface area contributed by atoms with Crippen molar-refractivity contribution in [3.05, 3.63) is 0 Å². The van der Waals surface area contributed by atoms with Crippen molar-refractivity contribution in [1.29, 1.82) is 0 Å². The van der Waals surface area contributed by atoms with Crippen molar-refractivity contribution in [1.82, 2.24) is 5.01 Å². The molecule has 0 heterocycles. The lowest BCUT2D eigenvalue weighted by molar-refractivity contribution is 0.320. The lowest BCUT2D eigenvalue weighted by Gasteiger charge is -2.10.